The molecule has 0 radical (unpaired) electrons. The van der Waals surface area contributed by atoms with Crippen LogP contribution in [0.4, 0.5) is 5.13 Å². The van der Waals surface area contributed by atoms with Gasteiger partial charge in [-0.1, -0.05) is 18.3 Å². The minimum absolute atomic E-state index is 0.0895. The molecule has 1 unspecified atom stereocenters. The molecule has 1 aliphatic heterocycles. The number of carbonyl (C=O) groups excluding carboxylic acids is 1. The molecule has 1 amide bonds. The number of aromatic nitrogens is 1. The minimum Gasteiger partial charge on any atom is -0.354 e. The fraction of sp³-hybridized carbons (Fsp3) is 0.692. The maximum atomic E-state index is 11.6. The fourth-order valence-corrected chi connectivity index (χ4v) is 3.42. The summed E-state index contributed by atoms with van der Waals surface area (Å²) >= 11 is 1.70. The largest absolute Gasteiger partial charge is 0.354 e. The SMILES string of the molecule is CCNC(C)c1sc(N2CCCNC(=O)C2)nc1C. The van der Waals surface area contributed by atoms with Gasteiger partial charge in [-0.3, -0.25) is 4.79 Å². The molecule has 6 heteroatoms. The number of nitrogens with one attached hydrogen (secondary N) is 2. The Kier molecular flexibility index (Phi) is 4.76. The van der Waals surface area contributed by atoms with Crippen LogP contribution in [0.3, 0.4) is 0 Å². The number of nitrogens with zero attached hydrogens (tertiary/aromatic N) is 2. The molecule has 106 valence electrons. The number of amides is 1. The predicted molar refractivity (Wildman–Crippen MR) is 78.8 cm³/mol. The van der Waals surface area contributed by atoms with Crippen LogP contribution in [0.1, 0.15) is 36.9 Å². The van der Waals surface area contributed by atoms with Crippen LogP contribution in [0.15, 0.2) is 0 Å². The summed E-state index contributed by atoms with van der Waals surface area (Å²) in [5.74, 6) is 0.0895. The summed E-state index contributed by atoms with van der Waals surface area (Å²) in [6.07, 6.45) is 0.975. The van der Waals surface area contributed by atoms with Crippen LogP contribution in [0.2, 0.25) is 0 Å². The average molecular weight is 282 g/mol. The first-order valence-corrected chi connectivity index (χ1v) is 7.65. The van der Waals surface area contributed by atoms with E-state index in [1.165, 1.54) is 4.88 Å². The van der Waals surface area contributed by atoms with Crippen molar-refractivity contribution >= 4 is 22.4 Å². The summed E-state index contributed by atoms with van der Waals surface area (Å²) in [6, 6.07) is 0.317. The molecule has 1 aromatic rings. The molecule has 1 saturated heterocycles. The van der Waals surface area contributed by atoms with E-state index in [1.807, 2.05) is 6.92 Å². The highest BCUT2D eigenvalue weighted by molar-refractivity contribution is 7.15. The van der Waals surface area contributed by atoms with Crippen LogP contribution in [-0.4, -0.2) is 37.1 Å². The molecule has 5 nitrogen and oxygen atoms in total. The van der Waals surface area contributed by atoms with Gasteiger partial charge < -0.3 is 15.5 Å². The van der Waals surface area contributed by atoms with Crippen molar-refractivity contribution in [1.82, 2.24) is 15.6 Å². The maximum Gasteiger partial charge on any atom is 0.239 e. The van der Waals surface area contributed by atoms with Crippen molar-refractivity contribution < 1.29 is 4.79 Å². The van der Waals surface area contributed by atoms with Crippen molar-refractivity contribution in [3.8, 4) is 0 Å². The smallest absolute Gasteiger partial charge is 0.239 e. The third-order valence-electron chi connectivity index (χ3n) is 3.26. The zero-order chi connectivity index (χ0) is 13.8. The molecule has 1 aliphatic rings. The topological polar surface area (TPSA) is 57.3 Å². The summed E-state index contributed by atoms with van der Waals surface area (Å²) in [4.78, 5) is 19.6. The van der Waals surface area contributed by atoms with Gasteiger partial charge in [-0.05, 0) is 26.8 Å². The van der Waals surface area contributed by atoms with Gasteiger partial charge in [0.15, 0.2) is 5.13 Å². The van der Waals surface area contributed by atoms with Gasteiger partial charge in [-0.2, -0.15) is 0 Å². The predicted octanol–water partition coefficient (Wildman–Crippen LogP) is 1.45. The highest BCUT2D eigenvalue weighted by atomic mass is 32.1. The second-order valence-electron chi connectivity index (χ2n) is 4.85. The molecule has 1 fully saturated rings. The molecule has 0 saturated carbocycles. The Hall–Kier alpha value is -1.14. The zero-order valence-electron chi connectivity index (χ0n) is 11.8. The molecule has 0 aromatic carbocycles. The van der Waals surface area contributed by atoms with Gasteiger partial charge in [0.05, 0.1) is 12.2 Å². The lowest BCUT2D eigenvalue weighted by atomic mass is 10.2. The van der Waals surface area contributed by atoms with E-state index in [4.69, 9.17) is 0 Å². The van der Waals surface area contributed by atoms with Crippen molar-refractivity contribution in [2.24, 2.45) is 0 Å². The molecule has 19 heavy (non-hydrogen) atoms. The van der Waals surface area contributed by atoms with Crippen molar-refractivity contribution in [3.63, 3.8) is 0 Å². The van der Waals surface area contributed by atoms with E-state index in [2.05, 4.69) is 34.4 Å². The normalized spacial score (nSPS) is 18.1. The van der Waals surface area contributed by atoms with E-state index < -0.39 is 0 Å². The number of hydrogen-bond donors (Lipinski definition) is 2. The summed E-state index contributed by atoms with van der Waals surface area (Å²) < 4.78 is 0. The van der Waals surface area contributed by atoms with Crippen LogP contribution in [0, 0.1) is 6.92 Å². The molecular formula is C13H22N4OS. The van der Waals surface area contributed by atoms with Gasteiger partial charge in [-0.25, -0.2) is 4.98 Å². The van der Waals surface area contributed by atoms with Gasteiger partial charge in [0.25, 0.3) is 0 Å². The lowest BCUT2D eigenvalue weighted by molar-refractivity contribution is -0.119. The second kappa shape index (κ2) is 6.34. The van der Waals surface area contributed by atoms with Gasteiger partial charge in [-0.15, -0.1) is 0 Å². The van der Waals surface area contributed by atoms with E-state index in [0.29, 0.717) is 12.6 Å². The Labute approximate surface area is 118 Å². The number of rotatable bonds is 4. The molecule has 0 bridgehead atoms. The number of aryl methyl sites for hydroxylation is 1. The van der Waals surface area contributed by atoms with Crippen molar-refractivity contribution in [1.29, 1.82) is 0 Å². The van der Waals surface area contributed by atoms with E-state index in [0.717, 1.165) is 36.9 Å². The maximum absolute atomic E-state index is 11.6. The molecule has 0 spiro atoms. The number of thiazole rings is 1. The molecule has 1 atom stereocenters. The average Bonchev–Trinajstić information content (AvgIpc) is 2.62. The van der Waals surface area contributed by atoms with Crippen LogP contribution < -0.4 is 15.5 Å². The van der Waals surface area contributed by atoms with Crippen molar-refractivity contribution in [3.05, 3.63) is 10.6 Å². The Morgan fingerprint density at radius 1 is 1.58 bits per heavy atom. The summed E-state index contributed by atoms with van der Waals surface area (Å²) in [7, 11) is 0. The summed E-state index contributed by atoms with van der Waals surface area (Å²) in [5, 5.41) is 7.27. The second-order valence-corrected chi connectivity index (χ2v) is 5.86. The van der Waals surface area contributed by atoms with Crippen molar-refractivity contribution in [2.75, 3.05) is 31.1 Å². The van der Waals surface area contributed by atoms with Gasteiger partial charge in [0.2, 0.25) is 5.91 Å². The molecule has 1 aromatic heterocycles. The van der Waals surface area contributed by atoms with Crippen LogP contribution >= 0.6 is 11.3 Å². The minimum atomic E-state index is 0.0895. The monoisotopic (exact) mass is 282 g/mol. The number of hydrogen-bond acceptors (Lipinski definition) is 5. The first kappa shape index (κ1) is 14.3. The van der Waals surface area contributed by atoms with Crippen LogP contribution in [0.25, 0.3) is 0 Å². The quantitative estimate of drug-likeness (QED) is 0.877. The van der Waals surface area contributed by atoms with Crippen molar-refractivity contribution in [2.45, 2.75) is 33.2 Å². The Morgan fingerprint density at radius 3 is 3.11 bits per heavy atom. The van der Waals surface area contributed by atoms with E-state index >= 15 is 0 Å². The number of anilines is 1. The van der Waals surface area contributed by atoms with Crippen LogP contribution in [-0.2, 0) is 4.79 Å². The molecule has 2 heterocycles. The number of carbonyl (C=O) groups is 1. The molecular weight excluding hydrogens is 260 g/mol. The first-order valence-electron chi connectivity index (χ1n) is 6.84. The highest BCUT2D eigenvalue weighted by Gasteiger charge is 2.20. The van der Waals surface area contributed by atoms with Gasteiger partial charge in [0, 0.05) is 24.0 Å². The van der Waals surface area contributed by atoms with E-state index in [1.54, 1.807) is 11.3 Å². The third kappa shape index (κ3) is 3.45. The Morgan fingerprint density at radius 2 is 2.37 bits per heavy atom. The molecule has 0 aliphatic carbocycles. The summed E-state index contributed by atoms with van der Waals surface area (Å²) in [5.41, 5.74) is 1.07. The lowest BCUT2D eigenvalue weighted by Crippen LogP contribution is -2.32. The van der Waals surface area contributed by atoms with Gasteiger partial charge in [0.1, 0.15) is 0 Å². The van der Waals surface area contributed by atoms with Crippen LogP contribution in [0.5, 0.6) is 0 Å². The highest BCUT2D eigenvalue weighted by Crippen LogP contribution is 2.30. The van der Waals surface area contributed by atoms with Gasteiger partial charge >= 0.3 is 0 Å². The first-order chi connectivity index (χ1) is 9.11. The zero-order valence-corrected chi connectivity index (χ0v) is 12.6. The van der Waals surface area contributed by atoms with E-state index in [-0.39, 0.29) is 5.91 Å². The fourth-order valence-electron chi connectivity index (χ4n) is 2.30. The third-order valence-corrected chi connectivity index (χ3v) is 4.66. The summed E-state index contributed by atoms with van der Waals surface area (Å²) in [6.45, 7) is 9.32. The standard InChI is InChI=1S/C13H22N4OS/c1-4-14-9(2)12-10(3)16-13(19-12)17-7-5-6-15-11(18)8-17/h9,14H,4-8H2,1-3H3,(H,15,18). The Bertz CT molecular complexity index is 446. The Balaban J connectivity index is 2.16. The van der Waals surface area contributed by atoms with E-state index in [9.17, 15) is 4.79 Å². The lowest BCUT2D eigenvalue weighted by Gasteiger charge is -2.17. The molecule has 2 rings (SSSR count). The molecule has 2 N–H and O–H groups in total.